The van der Waals surface area contributed by atoms with E-state index >= 15 is 0 Å². The Bertz CT molecular complexity index is 2020. The monoisotopic (exact) mass is 796 g/mol. The van der Waals surface area contributed by atoms with Crippen LogP contribution in [0.5, 0.6) is 0 Å². The summed E-state index contributed by atoms with van der Waals surface area (Å²) in [4.78, 5) is 1.91. The Labute approximate surface area is 266 Å². The van der Waals surface area contributed by atoms with Crippen LogP contribution in [0.1, 0.15) is 0 Å². The average molecular weight is 792 g/mol. The molecule has 0 N–H and O–H groups in total. The van der Waals surface area contributed by atoms with Gasteiger partial charge in [0.15, 0.2) is 0 Å². The molecule has 1 aliphatic heterocycles. The zero-order chi connectivity index (χ0) is 27.6. The molecule has 1 aliphatic rings. The van der Waals surface area contributed by atoms with E-state index in [-0.39, 0.29) is 41.8 Å². The number of hydrogen-bond acceptors (Lipinski definition) is 2. The second-order valence-electron chi connectivity index (χ2n) is 9.51. The summed E-state index contributed by atoms with van der Waals surface area (Å²) in [5, 5.41) is 2.82. The summed E-state index contributed by atoms with van der Waals surface area (Å²) < 4.78 is 21.1. The van der Waals surface area contributed by atoms with Crippen LogP contribution in [0, 0.1) is 0 Å². The number of fused-ring (bicyclic) bond motifs is 6. The molecule has 0 aliphatic carbocycles. The molecule has 7 aromatic rings. The molecule has 0 spiro atoms. The van der Waals surface area contributed by atoms with Crippen molar-refractivity contribution in [2.75, 3.05) is 0 Å². The van der Waals surface area contributed by atoms with Crippen LogP contribution in [0.4, 0.5) is 0 Å². The summed E-state index contributed by atoms with van der Waals surface area (Å²) >= 11 is 1.23. The van der Waals surface area contributed by atoms with Gasteiger partial charge in [-0.2, -0.15) is 0 Å². The zero-order valence-corrected chi connectivity index (χ0v) is 28.2. The van der Waals surface area contributed by atoms with Gasteiger partial charge in [0.1, 0.15) is 0 Å². The molecule has 2 heterocycles. The van der Waals surface area contributed by atoms with Crippen LogP contribution >= 0.6 is 11.3 Å². The molecule has 1 aromatic heterocycles. The van der Waals surface area contributed by atoms with E-state index in [0.29, 0.717) is 0 Å². The van der Waals surface area contributed by atoms with Crippen molar-refractivity contribution in [1.29, 1.82) is 0 Å². The fourth-order valence-corrected chi connectivity index (χ4v) is 12.4. The molecule has 0 saturated heterocycles. The zero-order valence-electron chi connectivity index (χ0n) is 21.9. The minimum atomic E-state index is -1.01. The Morgan fingerprint density at radius 2 is 1.00 bits per heavy atom. The van der Waals surface area contributed by atoms with Crippen molar-refractivity contribution in [3.8, 4) is 11.1 Å². The summed E-state index contributed by atoms with van der Waals surface area (Å²) in [5.41, 5.74) is 2.29. The van der Waals surface area contributed by atoms with Crippen molar-refractivity contribution in [2.45, 2.75) is 9.79 Å². The third-order valence-electron chi connectivity index (χ3n) is 6.83. The van der Waals surface area contributed by atoms with E-state index in [1.807, 2.05) is 29.5 Å². The fraction of sp³-hybridized carbons (Fsp3) is 0. The SMILES string of the molecule is O=S1c2ccccc2-c2cc([Te]c3ccccc3)ccc21.c1ccc([Te]c2ccc3sc4ccccc4c3c2)cc1. The quantitative estimate of drug-likeness (QED) is 0.194. The van der Waals surface area contributed by atoms with E-state index in [9.17, 15) is 4.21 Å². The molecule has 1 unspecified atom stereocenters. The number of benzene rings is 6. The van der Waals surface area contributed by atoms with Gasteiger partial charge >= 0.3 is 269 Å². The Balaban J connectivity index is 0.000000135. The molecule has 6 aromatic carbocycles. The molecule has 1 nitrogen and oxygen atoms in total. The molecule has 1 atom stereocenters. The second-order valence-corrected chi connectivity index (χ2v) is 18.6. The van der Waals surface area contributed by atoms with Crippen molar-refractivity contribution >= 4 is 98.6 Å². The molecule has 198 valence electrons. The van der Waals surface area contributed by atoms with Crippen LogP contribution in [0.15, 0.2) is 155 Å². The topological polar surface area (TPSA) is 17.1 Å². The van der Waals surface area contributed by atoms with E-state index in [1.54, 1.807) is 0 Å². The van der Waals surface area contributed by atoms with E-state index in [4.69, 9.17) is 0 Å². The summed E-state index contributed by atoms with van der Waals surface area (Å²) in [6.07, 6.45) is 0. The van der Waals surface area contributed by atoms with Gasteiger partial charge in [-0.05, 0) is 0 Å². The third kappa shape index (κ3) is 5.82. The van der Waals surface area contributed by atoms with Crippen LogP contribution in [0.2, 0.25) is 0 Å². The second kappa shape index (κ2) is 12.2. The molecule has 0 fully saturated rings. The van der Waals surface area contributed by atoms with E-state index in [2.05, 4.69) is 127 Å². The molecule has 0 saturated carbocycles. The fourth-order valence-electron chi connectivity index (χ4n) is 4.93. The number of rotatable bonds is 4. The molecule has 41 heavy (non-hydrogen) atoms. The normalized spacial score (nSPS) is 13.4. The van der Waals surface area contributed by atoms with Crippen molar-refractivity contribution in [3.63, 3.8) is 0 Å². The van der Waals surface area contributed by atoms with E-state index < -0.39 is 10.8 Å². The third-order valence-corrected chi connectivity index (χ3v) is 15.2. The van der Waals surface area contributed by atoms with Gasteiger partial charge in [0, 0.05) is 0 Å². The summed E-state index contributed by atoms with van der Waals surface area (Å²) in [6.45, 7) is 0. The first kappa shape index (κ1) is 27.1. The van der Waals surface area contributed by atoms with E-state index in [0.717, 1.165) is 20.9 Å². The Morgan fingerprint density at radius 3 is 1.76 bits per heavy atom. The van der Waals surface area contributed by atoms with Gasteiger partial charge in [-0.3, -0.25) is 0 Å². The summed E-state index contributed by atoms with van der Waals surface area (Å²) in [5.74, 6) is 0. The minimum absolute atomic E-state index is 0.275. The van der Waals surface area contributed by atoms with E-state index in [1.165, 1.54) is 34.6 Å². The van der Waals surface area contributed by atoms with Crippen LogP contribution in [0.3, 0.4) is 0 Å². The van der Waals surface area contributed by atoms with Crippen LogP contribution in [-0.2, 0) is 10.8 Å². The summed E-state index contributed by atoms with van der Waals surface area (Å²) in [7, 11) is -1.01. The van der Waals surface area contributed by atoms with Crippen molar-refractivity contribution in [2.24, 2.45) is 0 Å². The first-order valence-electron chi connectivity index (χ1n) is 13.3. The van der Waals surface area contributed by atoms with Gasteiger partial charge in [0.2, 0.25) is 0 Å². The summed E-state index contributed by atoms with van der Waals surface area (Å²) in [6, 6.07) is 51.7. The first-order chi connectivity index (χ1) is 20.2. The van der Waals surface area contributed by atoms with Crippen LogP contribution in [0.25, 0.3) is 31.3 Å². The maximum absolute atomic E-state index is 12.5. The van der Waals surface area contributed by atoms with Gasteiger partial charge in [-0.15, -0.1) is 0 Å². The van der Waals surface area contributed by atoms with Crippen molar-refractivity contribution in [3.05, 3.63) is 146 Å². The first-order valence-corrected chi connectivity index (χ1v) is 19.9. The number of thiophene rings is 1. The van der Waals surface area contributed by atoms with Crippen LogP contribution in [-0.4, -0.2) is 46.1 Å². The Hall–Kier alpha value is -2.73. The van der Waals surface area contributed by atoms with Gasteiger partial charge in [0.05, 0.1) is 0 Å². The van der Waals surface area contributed by atoms with Gasteiger partial charge in [0.25, 0.3) is 0 Å². The Kier molecular flexibility index (Phi) is 8.10. The molecule has 0 radical (unpaired) electrons. The van der Waals surface area contributed by atoms with Gasteiger partial charge < -0.3 is 0 Å². The number of hydrogen-bond donors (Lipinski definition) is 0. The predicted molar refractivity (Wildman–Crippen MR) is 179 cm³/mol. The standard InChI is InChI=1S/C18H12OSTe.C18H12STe/c19-20-17-9-5-4-8-15(17)16-12-14(10-11-18(16)20)21-13-6-2-1-3-7-13;1-2-6-13(7-3-1)20-14-10-11-18-16(12-14)15-8-4-5-9-17(15)19-18/h1-12H;1-12H. The van der Waals surface area contributed by atoms with Gasteiger partial charge in [-0.25, -0.2) is 0 Å². The molecular formula is C36H24OS2Te2. The van der Waals surface area contributed by atoms with Crippen molar-refractivity contribution < 1.29 is 4.21 Å². The van der Waals surface area contributed by atoms with Gasteiger partial charge in [-0.1, -0.05) is 0 Å². The molecule has 5 heteroatoms. The molecular weight excluding hydrogens is 768 g/mol. The maximum atomic E-state index is 12.5. The Morgan fingerprint density at radius 1 is 0.439 bits per heavy atom. The predicted octanol–water partition coefficient (Wildman–Crippen LogP) is 6.20. The van der Waals surface area contributed by atoms with Crippen LogP contribution < -0.4 is 14.4 Å². The molecule has 8 rings (SSSR count). The molecule has 0 amide bonds. The van der Waals surface area contributed by atoms with Crippen molar-refractivity contribution in [1.82, 2.24) is 0 Å². The average Bonchev–Trinajstić information content (AvgIpc) is 3.53. The molecule has 0 bridgehead atoms.